The van der Waals surface area contributed by atoms with E-state index in [-0.39, 0.29) is 21.7 Å². The summed E-state index contributed by atoms with van der Waals surface area (Å²) in [4.78, 5) is 0. The van der Waals surface area contributed by atoms with E-state index in [2.05, 4.69) is 213 Å². The molecule has 0 unspecified atom stereocenters. The summed E-state index contributed by atoms with van der Waals surface area (Å²) in [6.07, 6.45) is 0. The molecule has 0 amide bonds. The number of aromatic nitrogens is 2. The molecular weight excluding hydrogens is 757 g/mol. The number of fused-ring (bicyclic) bond motifs is 12. The fraction of sp³-hybridized carbons (Fsp3) is 0.276. The largest absolute Gasteiger partial charge is 0.452 e. The van der Waals surface area contributed by atoms with Crippen molar-refractivity contribution in [2.24, 2.45) is 0 Å². The van der Waals surface area contributed by atoms with E-state index in [0.29, 0.717) is 0 Å². The van der Waals surface area contributed by atoms with Gasteiger partial charge in [-0.05, 0) is 115 Å². The van der Waals surface area contributed by atoms with Crippen LogP contribution in [-0.4, -0.2) is 8.80 Å². The molecule has 7 aromatic carbocycles. The Morgan fingerprint density at radius 3 is 1.02 bits per heavy atom. The fourth-order valence-corrected chi connectivity index (χ4v) is 9.76. The average Bonchev–Trinajstić information content (AvgIpc) is 3.75. The summed E-state index contributed by atoms with van der Waals surface area (Å²) in [6.45, 7) is 27.7. The second-order valence-corrected chi connectivity index (χ2v) is 22.0. The van der Waals surface area contributed by atoms with Crippen LogP contribution >= 0.6 is 0 Å². The van der Waals surface area contributed by atoms with Gasteiger partial charge in [0.25, 0.3) is 0 Å². The highest BCUT2D eigenvalue weighted by atomic mass is 16.3. The van der Waals surface area contributed by atoms with Crippen LogP contribution in [0.1, 0.15) is 105 Å². The molecule has 0 atom stereocenters. The second kappa shape index (κ2) is 12.7. The second-order valence-electron chi connectivity index (χ2n) is 22.0. The van der Waals surface area contributed by atoms with Crippen LogP contribution in [-0.2, 0) is 21.7 Å². The summed E-state index contributed by atoms with van der Waals surface area (Å²) in [5.74, 6) is 0. The molecule has 0 radical (unpaired) electrons. The van der Waals surface area contributed by atoms with Gasteiger partial charge in [0.05, 0.1) is 32.8 Å². The molecule has 11 aromatic rings. The quantitative estimate of drug-likeness (QED) is 0.163. The Morgan fingerprint density at radius 1 is 0.339 bits per heavy atom. The molecule has 0 saturated carbocycles. The molecule has 4 heterocycles. The van der Waals surface area contributed by atoms with Crippen LogP contribution in [0.2, 0.25) is 0 Å². The van der Waals surface area contributed by atoms with Crippen LogP contribution in [0, 0.1) is 0 Å². The highest BCUT2D eigenvalue weighted by Crippen LogP contribution is 2.49. The summed E-state index contributed by atoms with van der Waals surface area (Å²) in [5.41, 5.74) is 20.0. The normalized spacial score (nSPS) is 13.5. The summed E-state index contributed by atoms with van der Waals surface area (Å²) >= 11 is 0. The molecule has 0 saturated heterocycles. The standard InChI is InChI=1S/C58H56N2O2/c1-55(2,3)37-25-35(26-38(31-37)56(4,5)6)33-21-23-43-41(29-33)49-51-54(62-47-19-15-13-17-45(47)59(43)51)50-42-30-34(36-27-39(57(7,8)9)32-40(28-36)58(10,11)12)22-24-44(42)60-46-18-14-16-20-48(46)61-53(49)52(50)60/h13-32H,1-12H3. The first-order valence-corrected chi connectivity index (χ1v) is 22.3. The Morgan fingerprint density at radius 2 is 0.677 bits per heavy atom. The summed E-state index contributed by atoms with van der Waals surface area (Å²) in [6, 6.07) is 45.3. The lowest BCUT2D eigenvalue weighted by atomic mass is 9.79. The maximum atomic E-state index is 7.23. The molecule has 310 valence electrons. The minimum Gasteiger partial charge on any atom is -0.452 e. The number of para-hydroxylation sites is 4. The van der Waals surface area contributed by atoms with Gasteiger partial charge in [-0.1, -0.05) is 156 Å². The number of nitrogens with zero attached hydrogens (tertiary/aromatic N) is 2. The van der Waals surface area contributed by atoms with Crippen LogP contribution in [0.15, 0.2) is 130 Å². The van der Waals surface area contributed by atoms with E-state index in [4.69, 9.17) is 8.83 Å². The van der Waals surface area contributed by atoms with Crippen LogP contribution in [0.25, 0.3) is 99.2 Å². The average molecular weight is 813 g/mol. The van der Waals surface area contributed by atoms with Crippen molar-refractivity contribution in [3.05, 3.63) is 144 Å². The minimum atomic E-state index is -0.000599. The molecule has 0 aliphatic heterocycles. The molecule has 0 aliphatic carbocycles. The van der Waals surface area contributed by atoms with Gasteiger partial charge < -0.3 is 17.6 Å². The Labute approximate surface area is 363 Å². The van der Waals surface area contributed by atoms with Gasteiger partial charge in [0, 0.05) is 10.8 Å². The monoisotopic (exact) mass is 812 g/mol. The smallest absolute Gasteiger partial charge is 0.162 e. The lowest BCUT2D eigenvalue weighted by Crippen LogP contribution is -2.16. The van der Waals surface area contributed by atoms with Gasteiger partial charge in [0.1, 0.15) is 11.0 Å². The van der Waals surface area contributed by atoms with Crippen LogP contribution < -0.4 is 0 Å². The van der Waals surface area contributed by atoms with E-state index in [0.717, 1.165) is 77.0 Å². The number of hydrogen-bond acceptors (Lipinski definition) is 2. The highest BCUT2D eigenvalue weighted by molar-refractivity contribution is 6.35. The zero-order chi connectivity index (χ0) is 43.4. The third-order valence-electron chi connectivity index (χ3n) is 13.5. The summed E-state index contributed by atoms with van der Waals surface area (Å²) < 4.78 is 19.3. The lowest BCUT2D eigenvalue weighted by Gasteiger charge is -2.26. The third kappa shape index (κ3) is 5.71. The van der Waals surface area contributed by atoms with Crippen LogP contribution in [0.3, 0.4) is 0 Å². The fourth-order valence-electron chi connectivity index (χ4n) is 9.76. The first-order chi connectivity index (χ1) is 29.3. The molecule has 11 rings (SSSR count). The molecule has 4 heteroatoms. The van der Waals surface area contributed by atoms with Crippen molar-refractivity contribution < 1.29 is 8.83 Å². The maximum Gasteiger partial charge on any atom is 0.162 e. The first kappa shape index (κ1) is 38.6. The molecule has 0 aliphatic rings. The number of benzene rings is 7. The van der Waals surface area contributed by atoms with Gasteiger partial charge in [-0.25, -0.2) is 0 Å². The third-order valence-corrected chi connectivity index (χ3v) is 13.5. The first-order valence-electron chi connectivity index (χ1n) is 22.3. The summed E-state index contributed by atoms with van der Waals surface area (Å²) in [5, 5.41) is 4.40. The van der Waals surface area contributed by atoms with Crippen LogP contribution in [0.4, 0.5) is 0 Å². The Hall–Kier alpha value is -6.26. The molecule has 0 spiro atoms. The lowest BCUT2D eigenvalue weighted by molar-refractivity contribution is 0.568. The van der Waals surface area contributed by atoms with E-state index in [1.807, 2.05) is 0 Å². The molecular formula is C58H56N2O2. The molecule has 0 bridgehead atoms. The molecule has 0 N–H and O–H groups in total. The van der Waals surface area contributed by atoms with E-state index in [1.165, 1.54) is 44.5 Å². The molecule has 62 heavy (non-hydrogen) atoms. The topological polar surface area (TPSA) is 35.1 Å². The van der Waals surface area contributed by atoms with Crippen molar-refractivity contribution >= 4 is 77.0 Å². The zero-order valence-corrected chi connectivity index (χ0v) is 38.3. The molecule has 0 fully saturated rings. The van der Waals surface area contributed by atoms with Crippen molar-refractivity contribution in [3.8, 4) is 22.3 Å². The van der Waals surface area contributed by atoms with Gasteiger partial charge >= 0.3 is 0 Å². The predicted molar refractivity (Wildman–Crippen MR) is 264 cm³/mol. The van der Waals surface area contributed by atoms with Crippen molar-refractivity contribution in [2.75, 3.05) is 0 Å². The SMILES string of the molecule is CC(C)(C)c1cc(-c2ccc3c(c2)c2c4oc5ccccc5n5c6ccc(-c7cc(C(C)(C)C)cc(C(C)(C)C)c7)cc6c(c6oc7ccccc7n3c62)c45)cc(C(C)(C)C)c1. The zero-order valence-electron chi connectivity index (χ0n) is 38.3. The number of hydrogen-bond donors (Lipinski definition) is 0. The van der Waals surface area contributed by atoms with E-state index in [1.54, 1.807) is 0 Å². The molecule has 4 nitrogen and oxygen atoms in total. The van der Waals surface area contributed by atoms with Crippen molar-refractivity contribution in [1.29, 1.82) is 0 Å². The predicted octanol–water partition coefficient (Wildman–Crippen LogP) is 16.8. The van der Waals surface area contributed by atoms with Crippen molar-refractivity contribution in [2.45, 2.75) is 105 Å². The van der Waals surface area contributed by atoms with Gasteiger partial charge in [-0.15, -0.1) is 0 Å². The van der Waals surface area contributed by atoms with Gasteiger partial charge in [0.2, 0.25) is 0 Å². The summed E-state index contributed by atoms with van der Waals surface area (Å²) in [7, 11) is 0. The molecule has 4 aromatic heterocycles. The highest BCUT2D eigenvalue weighted by Gasteiger charge is 2.29. The van der Waals surface area contributed by atoms with Crippen LogP contribution in [0.5, 0.6) is 0 Å². The Bertz CT molecular complexity index is 3350. The van der Waals surface area contributed by atoms with Gasteiger partial charge in [-0.3, -0.25) is 0 Å². The minimum absolute atomic E-state index is 0.000599. The van der Waals surface area contributed by atoms with Crippen molar-refractivity contribution in [1.82, 2.24) is 8.80 Å². The maximum absolute atomic E-state index is 7.23. The Kier molecular flexibility index (Phi) is 7.89. The van der Waals surface area contributed by atoms with Gasteiger partial charge in [-0.2, -0.15) is 0 Å². The van der Waals surface area contributed by atoms with E-state index < -0.39 is 0 Å². The van der Waals surface area contributed by atoms with Crippen molar-refractivity contribution in [3.63, 3.8) is 0 Å². The van der Waals surface area contributed by atoms with E-state index >= 15 is 0 Å². The van der Waals surface area contributed by atoms with Gasteiger partial charge in [0.15, 0.2) is 22.3 Å². The number of rotatable bonds is 2. The Balaban J connectivity index is 1.31. The van der Waals surface area contributed by atoms with E-state index in [9.17, 15) is 0 Å².